The first-order valence-electron chi connectivity index (χ1n) is 7.28. The Balaban J connectivity index is 1.58. The molecule has 0 amide bonds. The lowest BCUT2D eigenvalue weighted by atomic mass is 10.1. The van der Waals surface area contributed by atoms with E-state index in [0.29, 0.717) is 18.8 Å². The van der Waals surface area contributed by atoms with Gasteiger partial charge in [-0.1, -0.05) is 18.2 Å². The van der Waals surface area contributed by atoms with Crippen molar-refractivity contribution in [3.63, 3.8) is 0 Å². The Kier molecular flexibility index (Phi) is 3.96. The van der Waals surface area contributed by atoms with Gasteiger partial charge in [-0.25, -0.2) is 4.79 Å². The van der Waals surface area contributed by atoms with Crippen molar-refractivity contribution in [2.75, 3.05) is 18.5 Å². The van der Waals surface area contributed by atoms with Crippen LogP contribution in [0.3, 0.4) is 0 Å². The van der Waals surface area contributed by atoms with Crippen molar-refractivity contribution >= 4 is 11.7 Å². The Morgan fingerprint density at radius 2 is 2.05 bits per heavy atom. The molecule has 0 bridgehead atoms. The van der Waals surface area contributed by atoms with E-state index in [9.17, 15) is 9.90 Å². The van der Waals surface area contributed by atoms with Crippen molar-refractivity contribution in [2.24, 2.45) is 5.41 Å². The molecule has 0 unspecified atom stereocenters. The second-order valence-electron chi connectivity index (χ2n) is 5.68. The molecular weight excluding hydrogens is 280 g/mol. The molecule has 1 saturated carbocycles. The Bertz CT molecular complexity index is 654. The molecule has 0 atom stereocenters. The van der Waals surface area contributed by atoms with E-state index in [1.165, 1.54) is 12.3 Å². The Morgan fingerprint density at radius 1 is 1.27 bits per heavy atom. The van der Waals surface area contributed by atoms with Crippen molar-refractivity contribution in [3.05, 3.63) is 54.4 Å². The zero-order valence-corrected chi connectivity index (χ0v) is 12.2. The number of rotatable bonds is 7. The van der Waals surface area contributed by atoms with Gasteiger partial charge in [0.05, 0.1) is 24.1 Å². The highest BCUT2D eigenvalue weighted by Gasteiger charge is 2.43. The van der Waals surface area contributed by atoms with Gasteiger partial charge in [-0.15, -0.1) is 0 Å². The summed E-state index contributed by atoms with van der Waals surface area (Å²) in [4.78, 5) is 15.2. The zero-order chi connectivity index (χ0) is 15.4. The maximum atomic E-state index is 11.2. The van der Waals surface area contributed by atoms with Crippen molar-refractivity contribution in [1.82, 2.24) is 4.98 Å². The number of carboxylic acids is 1. The molecule has 1 aromatic heterocycles. The molecule has 5 nitrogen and oxygen atoms in total. The van der Waals surface area contributed by atoms with Crippen LogP contribution < -0.4 is 10.1 Å². The molecule has 1 aromatic carbocycles. The maximum absolute atomic E-state index is 11.2. The second-order valence-corrected chi connectivity index (χ2v) is 5.68. The van der Waals surface area contributed by atoms with E-state index in [1.54, 1.807) is 6.20 Å². The van der Waals surface area contributed by atoms with Gasteiger partial charge in [0.25, 0.3) is 0 Å². The molecule has 0 spiro atoms. The fraction of sp³-hybridized carbons (Fsp3) is 0.294. The van der Waals surface area contributed by atoms with E-state index in [0.717, 1.165) is 18.6 Å². The molecule has 1 fully saturated rings. The van der Waals surface area contributed by atoms with Crippen molar-refractivity contribution < 1.29 is 14.6 Å². The highest BCUT2D eigenvalue weighted by atomic mass is 16.5. The minimum absolute atomic E-state index is 0.0848. The topological polar surface area (TPSA) is 71.5 Å². The monoisotopic (exact) mass is 298 g/mol. The first kappa shape index (κ1) is 14.4. The number of pyridine rings is 1. The molecule has 22 heavy (non-hydrogen) atoms. The van der Waals surface area contributed by atoms with E-state index >= 15 is 0 Å². The van der Waals surface area contributed by atoms with Gasteiger partial charge in [-0.2, -0.15) is 0 Å². The van der Waals surface area contributed by atoms with E-state index in [1.807, 2.05) is 30.3 Å². The highest BCUT2D eigenvalue weighted by Crippen LogP contribution is 2.46. The Morgan fingerprint density at radius 3 is 2.73 bits per heavy atom. The van der Waals surface area contributed by atoms with Crippen LogP contribution in [0.2, 0.25) is 0 Å². The third-order valence-electron chi connectivity index (χ3n) is 3.95. The van der Waals surface area contributed by atoms with E-state index < -0.39 is 5.97 Å². The molecule has 0 radical (unpaired) electrons. The Hall–Kier alpha value is -2.56. The molecule has 2 N–H and O–H groups in total. The predicted octanol–water partition coefficient (Wildman–Crippen LogP) is 3.05. The molecule has 1 aliphatic carbocycles. The third-order valence-corrected chi connectivity index (χ3v) is 3.95. The number of hydrogen-bond donors (Lipinski definition) is 2. The molecule has 1 aliphatic rings. The fourth-order valence-electron chi connectivity index (χ4n) is 2.31. The quantitative estimate of drug-likeness (QED) is 0.822. The summed E-state index contributed by atoms with van der Waals surface area (Å²) in [5.74, 6) is -0.0864. The van der Waals surface area contributed by atoms with Crippen molar-refractivity contribution in [2.45, 2.75) is 12.8 Å². The zero-order valence-electron chi connectivity index (χ0n) is 12.2. The van der Waals surface area contributed by atoms with Crippen LogP contribution in [0.5, 0.6) is 5.75 Å². The average molecular weight is 298 g/mol. The number of ether oxygens (including phenoxy) is 1. The van der Waals surface area contributed by atoms with Gasteiger partial charge in [0.2, 0.25) is 0 Å². The standard InChI is InChI=1S/C17H18N2O3/c20-16(21)14-6-9-18-10-15(14)19-11-17(7-8-17)12-22-13-4-2-1-3-5-13/h1-6,9-10,19H,7-8,11-12H2,(H,20,21). The summed E-state index contributed by atoms with van der Waals surface area (Å²) in [6, 6.07) is 11.2. The first-order valence-corrected chi connectivity index (χ1v) is 7.28. The lowest BCUT2D eigenvalue weighted by Gasteiger charge is -2.18. The number of aromatic nitrogens is 1. The number of aromatic carboxylic acids is 1. The van der Waals surface area contributed by atoms with Gasteiger partial charge in [0.15, 0.2) is 0 Å². The number of benzene rings is 1. The molecule has 0 saturated heterocycles. The molecular formula is C17H18N2O3. The maximum Gasteiger partial charge on any atom is 0.337 e. The van der Waals surface area contributed by atoms with Crippen LogP contribution in [0.15, 0.2) is 48.8 Å². The van der Waals surface area contributed by atoms with Crippen LogP contribution in [0, 0.1) is 5.41 Å². The lowest BCUT2D eigenvalue weighted by Crippen LogP contribution is -2.23. The molecule has 0 aliphatic heterocycles. The van der Waals surface area contributed by atoms with Gasteiger partial charge >= 0.3 is 5.97 Å². The molecule has 2 aromatic rings. The van der Waals surface area contributed by atoms with Crippen LogP contribution in [-0.4, -0.2) is 29.2 Å². The number of nitrogens with zero attached hydrogens (tertiary/aromatic N) is 1. The number of anilines is 1. The van der Waals surface area contributed by atoms with Crippen LogP contribution in [-0.2, 0) is 0 Å². The van der Waals surface area contributed by atoms with Gasteiger partial charge in [-0.05, 0) is 31.0 Å². The smallest absolute Gasteiger partial charge is 0.337 e. The van der Waals surface area contributed by atoms with Crippen LogP contribution in [0.25, 0.3) is 0 Å². The summed E-state index contributed by atoms with van der Waals surface area (Å²) in [6.07, 6.45) is 5.20. The molecule has 114 valence electrons. The molecule has 5 heteroatoms. The van der Waals surface area contributed by atoms with E-state index in [4.69, 9.17) is 4.74 Å². The minimum Gasteiger partial charge on any atom is -0.493 e. The van der Waals surface area contributed by atoms with Gasteiger partial charge < -0.3 is 15.2 Å². The van der Waals surface area contributed by atoms with Gasteiger partial charge in [0.1, 0.15) is 5.75 Å². The third kappa shape index (κ3) is 3.36. The molecule has 1 heterocycles. The van der Waals surface area contributed by atoms with E-state index in [-0.39, 0.29) is 11.0 Å². The first-order chi connectivity index (χ1) is 10.7. The van der Waals surface area contributed by atoms with E-state index in [2.05, 4.69) is 10.3 Å². The normalized spacial score (nSPS) is 15.1. The summed E-state index contributed by atoms with van der Waals surface area (Å²) in [5.41, 5.74) is 0.886. The second kappa shape index (κ2) is 6.05. The number of carbonyl (C=O) groups is 1. The average Bonchev–Trinajstić information content (AvgIpc) is 3.33. The number of nitrogens with one attached hydrogen (secondary N) is 1. The lowest BCUT2D eigenvalue weighted by molar-refractivity contribution is 0.0697. The Labute approximate surface area is 129 Å². The van der Waals surface area contributed by atoms with Gasteiger partial charge in [0, 0.05) is 18.2 Å². The summed E-state index contributed by atoms with van der Waals surface area (Å²) >= 11 is 0. The largest absolute Gasteiger partial charge is 0.493 e. The van der Waals surface area contributed by atoms with Crippen LogP contribution in [0.4, 0.5) is 5.69 Å². The number of carboxylic acid groups (broad SMARTS) is 1. The summed E-state index contributed by atoms with van der Waals surface area (Å²) in [6.45, 7) is 1.32. The fourth-order valence-corrected chi connectivity index (χ4v) is 2.31. The van der Waals surface area contributed by atoms with Crippen molar-refractivity contribution in [1.29, 1.82) is 0 Å². The summed E-state index contributed by atoms with van der Waals surface area (Å²) < 4.78 is 5.83. The number of hydrogen-bond acceptors (Lipinski definition) is 4. The van der Waals surface area contributed by atoms with Gasteiger partial charge in [-0.3, -0.25) is 4.98 Å². The van der Waals surface area contributed by atoms with Crippen molar-refractivity contribution in [3.8, 4) is 5.75 Å². The predicted molar refractivity (Wildman–Crippen MR) is 83.3 cm³/mol. The summed E-state index contributed by atoms with van der Waals surface area (Å²) in [5, 5.41) is 12.4. The SMILES string of the molecule is O=C(O)c1ccncc1NCC1(COc2ccccc2)CC1. The number of para-hydroxylation sites is 1. The van der Waals surface area contributed by atoms with Crippen LogP contribution >= 0.6 is 0 Å². The van der Waals surface area contributed by atoms with Crippen LogP contribution in [0.1, 0.15) is 23.2 Å². The minimum atomic E-state index is -0.949. The highest BCUT2D eigenvalue weighted by molar-refractivity contribution is 5.93. The summed E-state index contributed by atoms with van der Waals surface area (Å²) in [7, 11) is 0. The molecule has 3 rings (SSSR count).